The minimum absolute atomic E-state index is 0.156. The van der Waals surface area contributed by atoms with Crippen molar-refractivity contribution in [1.82, 2.24) is 4.98 Å². The Bertz CT molecular complexity index is 667. The minimum atomic E-state index is -0.897. The van der Waals surface area contributed by atoms with Gasteiger partial charge in [0.15, 0.2) is 5.13 Å². The fraction of sp³-hybridized carbons (Fsp3) is 0.333. The maximum Gasteiger partial charge on any atom is 0.232 e. The van der Waals surface area contributed by atoms with Crippen molar-refractivity contribution in [2.24, 2.45) is 5.92 Å². The molecule has 1 unspecified atom stereocenters. The average molecular weight is 341 g/mol. The van der Waals surface area contributed by atoms with Gasteiger partial charge in [-0.15, -0.1) is 34.5 Å². The second-order valence-electron chi connectivity index (χ2n) is 5.30. The molecule has 21 heavy (non-hydrogen) atoms. The molecule has 110 valence electrons. The van der Waals surface area contributed by atoms with Crippen molar-refractivity contribution in [1.29, 1.82) is 0 Å². The third-order valence-corrected chi connectivity index (χ3v) is 5.17. The number of carbonyl (C=O) groups is 1. The van der Waals surface area contributed by atoms with E-state index in [1.54, 1.807) is 6.20 Å². The maximum atomic E-state index is 11.9. The number of aromatic nitrogens is 1. The van der Waals surface area contributed by atoms with E-state index < -0.39 is 4.33 Å². The SMILES string of the molecule is Cc1ccc(Cc2cnc(NC(=O)C3CC3(Cl)Cl)s2)cc1. The van der Waals surface area contributed by atoms with Crippen LogP contribution in [0.2, 0.25) is 0 Å². The van der Waals surface area contributed by atoms with E-state index in [0.29, 0.717) is 11.6 Å². The van der Waals surface area contributed by atoms with E-state index in [1.807, 2.05) is 0 Å². The third kappa shape index (κ3) is 3.57. The van der Waals surface area contributed by atoms with Gasteiger partial charge in [-0.1, -0.05) is 29.8 Å². The lowest BCUT2D eigenvalue weighted by Gasteiger charge is -2.01. The summed E-state index contributed by atoms with van der Waals surface area (Å²) >= 11 is 13.2. The number of benzene rings is 1. The van der Waals surface area contributed by atoms with Crippen LogP contribution in [-0.4, -0.2) is 15.2 Å². The number of amides is 1. The summed E-state index contributed by atoms with van der Waals surface area (Å²) in [6.07, 6.45) is 3.11. The zero-order chi connectivity index (χ0) is 15.0. The average Bonchev–Trinajstić information content (AvgIpc) is 2.86. The van der Waals surface area contributed by atoms with E-state index >= 15 is 0 Å². The Morgan fingerprint density at radius 2 is 2.10 bits per heavy atom. The number of aryl methyl sites for hydroxylation is 1. The first-order valence-corrected chi connectivity index (χ1v) is 8.20. The molecule has 0 radical (unpaired) electrons. The molecule has 0 bridgehead atoms. The number of halogens is 2. The van der Waals surface area contributed by atoms with Crippen LogP contribution in [0.15, 0.2) is 30.5 Å². The molecule has 1 aromatic carbocycles. The number of hydrogen-bond donors (Lipinski definition) is 1. The first-order chi connectivity index (χ1) is 9.94. The number of nitrogens with one attached hydrogen (secondary N) is 1. The number of alkyl halides is 2. The molecular weight excluding hydrogens is 327 g/mol. The lowest BCUT2D eigenvalue weighted by atomic mass is 10.1. The molecule has 0 aliphatic heterocycles. The largest absolute Gasteiger partial charge is 0.302 e. The number of hydrogen-bond acceptors (Lipinski definition) is 3. The van der Waals surface area contributed by atoms with Crippen LogP contribution in [0.1, 0.15) is 22.4 Å². The van der Waals surface area contributed by atoms with Crippen LogP contribution in [0.5, 0.6) is 0 Å². The second-order valence-corrected chi connectivity index (χ2v) is 7.96. The second kappa shape index (κ2) is 5.59. The molecule has 1 amide bonds. The molecule has 2 aromatic rings. The van der Waals surface area contributed by atoms with Gasteiger partial charge in [0.25, 0.3) is 0 Å². The summed E-state index contributed by atoms with van der Waals surface area (Å²) in [4.78, 5) is 17.2. The predicted molar refractivity (Wildman–Crippen MR) is 87.3 cm³/mol. The van der Waals surface area contributed by atoms with Crippen molar-refractivity contribution in [3.8, 4) is 0 Å². The van der Waals surface area contributed by atoms with Gasteiger partial charge in [0, 0.05) is 17.5 Å². The molecule has 1 heterocycles. The molecule has 6 heteroatoms. The van der Waals surface area contributed by atoms with Crippen LogP contribution in [0.3, 0.4) is 0 Å². The van der Waals surface area contributed by atoms with Gasteiger partial charge in [-0.25, -0.2) is 4.98 Å². The van der Waals surface area contributed by atoms with Crippen LogP contribution in [0, 0.1) is 12.8 Å². The minimum Gasteiger partial charge on any atom is -0.302 e. The summed E-state index contributed by atoms with van der Waals surface area (Å²) < 4.78 is -0.897. The molecule has 3 nitrogen and oxygen atoms in total. The Morgan fingerprint density at radius 3 is 2.71 bits per heavy atom. The van der Waals surface area contributed by atoms with Gasteiger partial charge in [0.2, 0.25) is 5.91 Å². The molecule has 3 rings (SSSR count). The topological polar surface area (TPSA) is 42.0 Å². The Morgan fingerprint density at radius 1 is 1.43 bits per heavy atom. The molecule has 1 fully saturated rings. The molecule has 1 N–H and O–H groups in total. The van der Waals surface area contributed by atoms with Gasteiger partial charge >= 0.3 is 0 Å². The van der Waals surface area contributed by atoms with Crippen molar-refractivity contribution < 1.29 is 4.79 Å². The van der Waals surface area contributed by atoms with Gasteiger partial charge in [-0.3, -0.25) is 4.79 Å². The Kier molecular flexibility index (Phi) is 3.95. The van der Waals surface area contributed by atoms with Gasteiger partial charge < -0.3 is 5.32 Å². The number of thiazole rings is 1. The van der Waals surface area contributed by atoms with Crippen LogP contribution in [0.25, 0.3) is 0 Å². The van der Waals surface area contributed by atoms with Crippen molar-refractivity contribution >= 4 is 45.6 Å². The Hall–Kier alpha value is -1.10. The highest BCUT2D eigenvalue weighted by Gasteiger charge is 2.56. The zero-order valence-electron chi connectivity index (χ0n) is 11.4. The molecule has 1 aromatic heterocycles. The number of carbonyl (C=O) groups excluding carboxylic acids is 1. The maximum absolute atomic E-state index is 11.9. The molecular formula is C15H14Cl2N2OS. The summed E-state index contributed by atoms with van der Waals surface area (Å²) in [5.41, 5.74) is 2.47. The van der Waals surface area contributed by atoms with Gasteiger partial charge in [-0.05, 0) is 18.9 Å². The monoisotopic (exact) mass is 340 g/mol. The lowest BCUT2D eigenvalue weighted by molar-refractivity contribution is -0.117. The highest BCUT2D eigenvalue weighted by Crippen LogP contribution is 2.53. The molecule has 1 aliphatic carbocycles. The summed E-state index contributed by atoms with van der Waals surface area (Å²) in [7, 11) is 0. The van der Waals surface area contributed by atoms with Crippen LogP contribution in [0.4, 0.5) is 5.13 Å². The highest BCUT2D eigenvalue weighted by molar-refractivity contribution is 7.15. The molecule has 0 saturated heterocycles. The van der Waals surface area contributed by atoms with Crippen molar-refractivity contribution in [3.05, 3.63) is 46.5 Å². The van der Waals surface area contributed by atoms with Crippen molar-refractivity contribution in [3.63, 3.8) is 0 Å². The van der Waals surface area contributed by atoms with Crippen LogP contribution >= 0.6 is 34.5 Å². The molecule has 1 atom stereocenters. The van der Waals surface area contributed by atoms with E-state index in [0.717, 1.165) is 11.3 Å². The quantitative estimate of drug-likeness (QED) is 0.848. The first kappa shape index (κ1) is 14.8. The third-order valence-electron chi connectivity index (χ3n) is 3.43. The number of anilines is 1. The van der Waals surface area contributed by atoms with E-state index in [-0.39, 0.29) is 11.8 Å². The van der Waals surface area contributed by atoms with Gasteiger partial charge in [0.05, 0.1) is 5.92 Å². The summed E-state index contributed by atoms with van der Waals surface area (Å²) in [5.74, 6) is -0.485. The number of rotatable bonds is 4. The van der Waals surface area contributed by atoms with E-state index in [2.05, 4.69) is 41.5 Å². The predicted octanol–water partition coefficient (Wildman–Crippen LogP) is 4.17. The lowest BCUT2D eigenvalue weighted by Crippen LogP contribution is -2.16. The van der Waals surface area contributed by atoms with Gasteiger partial charge in [-0.2, -0.15) is 0 Å². The van der Waals surface area contributed by atoms with Crippen LogP contribution in [-0.2, 0) is 11.2 Å². The normalized spacial score (nSPS) is 19.3. The summed E-state index contributed by atoms with van der Waals surface area (Å²) in [6.45, 7) is 2.07. The van der Waals surface area contributed by atoms with Gasteiger partial charge in [0.1, 0.15) is 4.33 Å². The molecule has 0 spiro atoms. The van der Waals surface area contributed by atoms with E-state index in [1.165, 1.54) is 22.5 Å². The highest BCUT2D eigenvalue weighted by atomic mass is 35.5. The van der Waals surface area contributed by atoms with E-state index in [9.17, 15) is 4.79 Å². The fourth-order valence-electron chi connectivity index (χ4n) is 2.04. The molecule has 1 saturated carbocycles. The van der Waals surface area contributed by atoms with Crippen molar-refractivity contribution in [2.75, 3.05) is 5.32 Å². The van der Waals surface area contributed by atoms with Crippen LogP contribution < -0.4 is 5.32 Å². The zero-order valence-corrected chi connectivity index (χ0v) is 13.7. The summed E-state index contributed by atoms with van der Waals surface area (Å²) in [5, 5.41) is 3.37. The standard InChI is InChI=1S/C15H14Cl2N2OS/c1-9-2-4-10(5-3-9)6-11-8-18-14(21-11)19-13(20)12-7-15(12,16)17/h2-5,8,12H,6-7H2,1H3,(H,18,19,20). The summed E-state index contributed by atoms with van der Waals surface area (Å²) in [6, 6.07) is 8.39. The number of nitrogens with zero attached hydrogens (tertiary/aromatic N) is 1. The van der Waals surface area contributed by atoms with E-state index in [4.69, 9.17) is 23.2 Å². The van der Waals surface area contributed by atoms with Crippen molar-refractivity contribution in [2.45, 2.75) is 24.1 Å². The Balaban J connectivity index is 1.61. The molecule has 1 aliphatic rings. The Labute approximate surface area is 137 Å². The first-order valence-electron chi connectivity index (χ1n) is 6.63. The smallest absolute Gasteiger partial charge is 0.232 e. The fourth-order valence-corrected chi connectivity index (χ4v) is 3.40.